The van der Waals surface area contributed by atoms with Crippen molar-refractivity contribution < 1.29 is 0 Å². The van der Waals surface area contributed by atoms with Gasteiger partial charge in [0.2, 0.25) is 0 Å². The van der Waals surface area contributed by atoms with Crippen LogP contribution in [0.4, 0.5) is 0 Å². The van der Waals surface area contributed by atoms with Crippen LogP contribution < -0.4 is 0 Å². The van der Waals surface area contributed by atoms with Gasteiger partial charge in [0.15, 0.2) is 0 Å². The third-order valence-electron chi connectivity index (χ3n) is 2.88. The minimum Gasteiger partial charge on any atom is -0.264 e. The molecule has 5 rings (SSSR count). The first kappa shape index (κ1) is 10.1. The summed E-state index contributed by atoms with van der Waals surface area (Å²) in [5.74, 6) is 0. The van der Waals surface area contributed by atoms with Gasteiger partial charge in [-0.2, -0.15) is 0 Å². The highest BCUT2D eigenvalue weighted by Crippen LogP contribution is 2.20. The van der Waals surface area contributed by atoms with E-state index in [1.807, 2.05) is 0 Å². The van der Waals surface area contributed by atoms with Gasteiger partial charge in [0.25, 0.3) is 0 Å². The van der Waals surface area contributed by atoms with Crippen molar-refractivity contribution in [2.75, 3.05) is 40.0 Å². The molecule has 6 nitrogen and oxygen atoms in total. The molecule has 86 valence electrons. The smallest absolute Gasteiger partial charge is 0.0555 e. The Morgan fingerprint density at radius 3 is 0.938 bits per heavy atom. The zero-order valence-electron chi connectivity index (χ0n) is 9.24. The predicted octanol–water partition coefficient (Wildman–Crippen LogP) is -0.543. The average Bonchev–Trinajstić information content (AvgIpc) is 2.30. The third kappa shape index (κ3) is 2.19. The lowest BCUT2D eigenvalue weighted by molar-refractivity contribution is -0.194. The molecule has 0 saturated carbocycles. The first-order valence-electron chi connectivity index (χ1n) is 5.49. The molecule has 0 radical (unpaired) electrons. The third-order valence-corrected chi connectivity index (χ3v) is 2.88. The standard InChI is InChI=1S/C6H12N4.C4H4N2/c1-7-2-9-4-8(1)5-10(3-7)6-9;1-2-6-4-3-5-1/h1-6H2;1-4H. The van der Waals surface area contributed by atoms with Gasteiger partial charge >= 0.3 is 0 Å². The molecule has 0 aromatic carbocycles. The van der Waals surface area contributed by atoms with E-state index in [9.17, 15) is 0 Å². The Bertz CT molecular complexity index is 246. The van der Waals surface area contributed by atoms with E-state index in [2.05, 4.69) is 29.6 Å². The summed E-state index contributed by atoms with van der Waals surface area (Å²) < 4.78 is 0. The molecule has 4 aliphatic rings. The van der Waals surface area contributed by atoms with Crippen LogP contribution in [-0.4, -0.2) is 69.6 Å². The lowest BCUT2D eigenvalue weighted by atomic mass is 10.4. The maximum absolute atomic E-state index is 3.72. The van der Waals surface area contributed by atoms with Crippen molar-refractivity contribution in [2.24, 2.45) is 0 Å². The van der Waals surface area contributed by atoms with E-state index in [4.69, 9.17) is 0 Å². The minimum atomic E-state index is 1.19. The van der Waals surface area contributed by atoms with Crippen molar-refractivity contribution in [3.8, 4) is 0 Å². The fourth-order valence-corrected chi connectivity index (χ4v) is 2.49. The fourth-order valence-electron chi connectivity index (χ4n) is 2.49. The van der Waals surface area contributed by atoms with Gasteiger partial charge in [-0.15, -0.1) is 0 Å². The molecule has 0 amide bonds. The van der Waals surface area contributed by atoms with Gasteiger partial charge in [0, 0.05) is 24.8 Å². The van der Waals surface area contributed by atoms with Crippen molar-refractivity contribution in [1.29, 1.82) is 0 Å². The van der Waals surface area contributed by atoms with Crippen molar-refractivity contribution in [2.45, 2.75) is 0 Å². The monoisotopic (exact) mass is 220 g/mol. The molecule has 0 aliphatic carbocycles. The SMILES string of the molecule is C1N2CN3CN1CN(C2)C3.c1cnccn1. The summed E-state index contributed by atoms with van der Waals surface area (Å²) in [5.41, 5.74) is 0. The molecule has 0 unspecified atom stereocenters. The van der Waals surface area contributed by atoms with E-state index in [1.165, 1.54) is 40.0 Å². The highest BCUT2D eigenvalue weighted by molar-refractivity contribution is 4.79. The second-order valence-electron chi connectivity index (χ2n) is 4.43. The van der Waals surface area contributed by atoms with Crippen LogP contribution in [0.3, 0.4) is 0 Å². The Morgan fingerprint density at radius 1 is 0.500 bits per heavy atom. The van der Waals surface area contributed by atoms with Crippen LogP contribution in [0.25, 0.3) is 0 Å². The Labute approximate surface area is 95.1 Å². The Balaban J connectivity index is 0.000000117. The number of hydrogen-bond acceptors (Lipinski definition) is 6. The maximum atomic E-state index is 3.72. The molecule has 16 heavy (non-hydrogen) atoms. The highest BCUT2D eigenvalue weighted by Gasteiger charge is 2.36. The van der Waals surface area contributed by atoms with Crippen LogP contribution in [-0.2, 0) is 0 Å². The molecule has 1 aromatic heterocycles. The number of nitrogens with zero attached hydrogens (tertiary/aromatic N) is 6. The van der Waals surface area contributed by atoms with Crippen LogP contribution >= 0.6 is 0 Å². The molecule has 4 saturated heterocycles. The van der Waals surface area contributed by atoms with Gasteiger partial charge in [-0.05, 0) is 0 Å². The molecule has 4 fully saturated rings. The number of aromatic nitrogens is 2. The highest BCUT2D eigenvalue weighted by atomic mass is 15.7. The number of rotatable bonds is 0. The average molecular weight is 220 g/mol. The molecule has 6 heteroatoms. The summed E-state index contributed by atoms with van der Waals surface area (Å²) in [6.45, 7) is 7.12. The van der Waals surface area contributed by atoms with Gasteiger partial charge < -0.3 is 0 Å². The molecule has 0 spiro atoms. The van der Waals surface area contributed by atoms with Crippen molar-refractivity contribution in [3.05, 3.63) is 24.8 Å². The van der Waals surface area contributed by atoms with Crippen LogP contribution in [0.2, 0.25) is 0 Å². The zero-order valence-corrected chi connectivity index (χ0v) is 9.24. The van der Waals surface area contributed by atoms with Crippen molar-refractivity contribution >= 4 is 0 Å². The normalized spacial score (nSPS) is 39.0. The Kier molecular flexibility index (Phi) is 2.79. The van der Waals surface area contributed by atoms with Gasteiger partial charge in [-0.3, -0.25) is 29.6 Å². The summed E-state index contributed by atoms with van der Waals surface area (Å²) in [5, 5.41) is 0. The predicted molar refractivity (Wildman–Crippen MR) is 58.6 cm³/mol. The van der Waals surface area contributed by atoms with Crippen LogP contribution in [0.15, 0.2) is 24.8 Å². The second kappa shape index (κ2) is 4.42. The molecule has 5 heterocycles. The minimum absolute atomic E-state index is 1.19. The fraction of sp³-hybridized carbons (Fsp3) is 0.600. The second-order valence-corrected chi connectivity index (χ2v) is 4.43. The van der Waals surface area contributed by atoms with Crippen LogP contribution in [0.5, 0.6) is 0 Å². The zero-order chi connectivity index (χ0) is 10.8. The van der Waals surface area contributed by atoms with E-state index >= 15 is 0 Å². The lowest BCUT2D eigenvalue weighted by Crippen LogP contribution is -2.71. The molecule has 0 N–H and O–H groups in total. The topological polar surface area (TPSA) is 38.7 Å². The van der Waals surface area contributed by atoms with Crippen molar-refractivity contribution in [3.63, 3.8) is 0 Å². The van der Waals surface area contributed by atoms with Gasteiger partial charge in [0.05, 0.1) is 40.0 Å². The molecular formula is C10H16N6. The largest absolute Gasteiger partial charge is 0.264 e. The molecule has 1 aromatic rings. The van der Waals surface area contributed by atoms with E-state index in [-0.39, 0.29) is 0 Å². The quantitative estimate of drug-likeness (QED) is 0.584. The molecular weight excluding hydrogens is 204 g/mol. The van der Waals surface area contributed by atoms with E-state index in [1.54, 1.807) is 24.8 Å². The summed E-state index contributed by atoms with van der Waals surface area (Å²) in [4.78, 5) is 17.3. The van der Waals surface area contributed by atoms with Gasteiger partial charge in [-0.1, -0.05) is 0 Å². The lowest BCUT2D eigenvalue weighted by Gasteiger charge is -2.56. The van der Waals surface area contributed by atoms with E-state index in [0.29, 0.717) is 0 Å². The summed E-state index contributed by atoms with van der Waals surface area (Å²) in [6.07, 6.45) is 6.56. The first-order chi connectivity index (χ1) is 7.90. The number of hydrogen-bond donors (Lipinski definition) is 0. The van der Waals surface area contributed by atoms with Gasteiger partial charge in [-0.25, -0.2) is 0 Å². The maximum Gasteiger partial charge on any atom is 0.0555 e. The Morgan fingerprint density at radius 2 is 0.750 bits per heavy atom. The van der Waals surface area contributed by atoms with E-state index < -0.39 is 0 Å². The van der Waals surface area contributed by atoms with Gasteiger partial charge in [0.1, 0.15) is 0 Å². The first-order valence-corrected chi connectivity index (χ1v) is 5.49. The molecule has 4 bridgehead atoms. The summed E-state index contributed by atoms with van der Waals surface area (Å²) in [7, 11) is 0. The van der Waals surface area contributed by atoms with Crippen LogP contribution in [0.1, 0.15) is 0 Å². The van der Waals surface area contributed by atoms with E-state index in [0.717, 1.165) is 0 Å². The molecule has 4 aliphatic heterocycles. The van der Waals surface area contributed by atoms with Crippen LogP contribution in [0, 0.1) is 0 Å². The summed E-state index contributed by atoms with van der Waals surface area (Å²) >= 11 is 0. The molecule has 0 atom stereocenters. The summed E-state index contributed by atoms with van der Waals surface area (Å²) in [6, 6.07) is 0. The Hall–Kier alpha value is -1.08. The van der Waals surface area contributed by atoms with Crippen molar-refractivity contribution in [1.82, 2.24) is 29.6 Å².